The van der Waals surface area contributed by atoms with Crippen LogP contribution < -0.4 is 35.9 Å². The number of aldehydes is 2. The lowest BCUT2D eigenvalue weighted by molar-refractivity contribution is -0.126. The summed E-state index contributed by atoms with van der Waals surface area (Å²) >= 11 is 6.60. The number of nitrogens with zero attached hydrogens (tertiary/aromatic N) is 6. The van der Waals surface area contributed by atoms with Crippen LogP contribution in [-0.4, -0.2) is 122 Å². The summed E-state index contributed by atoms with van der Waals surface area (Å²) in [5.74, 6) is 8.78. The Morgan fingerprint density at radius 3 is 2.52 bits per heavy atom. The molecule has 16 nitrogen and oxygen atoms in total. The second kappa shape index (κ2) is 24.0. The number of carbonyl (C=O) groups excluding carboxylic acids is 4. The zero-order chi connectivity index (χ0) is 48.9. The summed E-state index contributed by atoms with van der Waals surface area (Å²) in [6.45, 7) is 4.75. The molecule has 2 saturated heterocycles. The smallest absolute Gasteiger partial charge is 0.293 e. The van der Waals surface area contributed by atoms with Crippen LogP contribution in [-0.2, 0) is 28.0 Å². The van der Waals surface area contributed by atoms with Crippen molar-refractivity contribution in [3.8, 4) is 23.3 Å². The number of pyridine rings is 1. The highest BCUT2D eigenvalue weighted by Crippen LogP contribution is 2.31. The number of fused-ring (bicyclic) bond motifs is 1. The fraction of sp³-hybridized carbons (Fsp3) is 0.404. The van der Waals surface area contributed by atoms with Gasteiger partial charge in [0.2, 0.25) is 11.9 Å². The van der Waals surface area contributed by atoms with Crippen LogP contribution >= 0.6 is 11.6 Å². The Labute approximate surface area is 407 Å². The minimum absolute atomic E-state index is 0.0743. The lowest BCUT2D eigenvalue weighted by atomic mass is 9.89. The molecule has 2 aliphatic rings. The van der Waals surface area contributed by atoms with Crippen molar-refractivity contribution in [3.05, 3.63) is 111 Å². The Morgan fingerprint density at radius 1 is 0.986 bits per heavy atom. The summed E-state index contributed by atoms with van der Waals surface area (Å²) in [6, 6.07) is 20.7. The molecule has 3 N–H and O–H groups in total. The van der Waals surface area contributed by atoms with Crippen molar-refractivity contribution in [2.45, 2.75) is 57.0 Å². The maximum atomic E-state index is 12.8. The molecule has 17 heteroatoms. The van der Waals surface area contributed by atoms with Gasteiger partial charge in [0.25, 0.3) is 11.5 Å². The van der Waals surface area contributed by atoms with Gasteiger partial charge in [0.1, 0.15) is 23.3 Å². The molecule has 362 valence electrons. The van der Waals surface area contributed by atoms with Crippen LogP contribution in [0.3, 0.4) is 0 Å². The highest BCUT2D eigenvalue weighted by atomic mass is 35.5. The first-order chi connectivity index (χ1) is 33.5. The van der Waals surface area contributed by atoms with Crippen LogP contribution in [0.1, 0.15) is 71.5 Å². The van der Waals surface area contributed by atoms with E-state index in [1.807, 2.05) is 42.3 Å². The maximum Gasteiger partial charge on any atom is 0.293 e. The predicted octanol–water partition coefficient (Wildman–Crippen LogP) is 5.71. The van der Waals surface area contributed by atoms with Crippen molar-refractivity contribution < 1.29 is 28.7 Å². The van der Waals surface area contributed by atoms with E-state index >= 15 is 0 Å². The summed E-state index contributed by atoms with van der Waals surface area (Å²) in [7, 11) is 6.56. The highest BCUT2D eigenvalue weighted by molar-refractivity contribution is 6.33. The van der Waals surface area contributed by atoms with Gasteiger partial charge in [-0.15, -0.1) is 0 Å². The molecule has 2 unspecified atom stereocenters. The molecule has 0 saturated carbocycles. The molecule has 2 fully saturated rings. The zero-order valence-corrected chi connectivity index (χ0v) is 40.4. The molecule has 0 bridgehead atoms. The Hall–Kier alpha value is -6.80. The van der Waals surface area contributed by atoms with Crippen molar-refractivity contribution in [1.29, 1.82) is 0 Å². The van der Waals surface area contributed by atoms with E-state index in [9.17, 15) is 24.0 Å². The Morgan fingerprint density at radius 2 is 1.78 bits per heavy atom. The number of amides is 2. The molecule has 4 heterocycles. The number of piperidine rings is 2. The first kappa shape index (κ1) is 50.1. The third-order valence-electron chi connectivity index (χ3n) is 12.9. The summed E-state index contributed by atoms with van der Waals surface area (Å²) in [5.41, 5.74) is 4.51. The molecule has 69 heavy (non-hydrogen) atoms. The Bertz CT molecular complexity index is 2750. The number of likely N-dealkylation sites (tertiary alicyclic amines) is 1. The number of halogens is 1. The first-order valence-corrected chi connectivity index (χ1v) is 23.7. The van der Waals surface area contributed by atoms with Gasteiger partial charge >= 0.3 is 0 Å². The van der Waals surface area contributed by atoms with Gasteiger partial charge in [0.15, 0.2) is 18.2 Å². The van der Waals surface area contributed by atoms with E-state index in [0.717, 1.165) is 86.7 Å². The zero-order valence-electron chi connectivity index (χ0n) is 39.6. The summed E-state index contributed by atoms with van der Waals surface area (Å²) in [5, 5.41) is 9.57. The van der Waals surface area contributed by atoms with E-state index in [-0.39, 0.29) is 42.1 Å². The van der Waals surface area contributed by atoms with Crippen LogP contribution in [0.25, 0.3) is 10.9 Å². The number of aryl methyl sites for hydroxylation is 1. The SMILES string of the molecule is CNC(=O)COc1cc2cc(Nc3nc(N4CCCC(COc5ccc(C6CCN(CC#Cc7ccc(C=O)c(CN(C)C(CCC=O)C(=O)NC)c7)CC6)cc5)C4)ncc3Cl)ccc2n(C)c1=O. The molecular weight excluding hydrogens is 898 g/mol. The standard InChI is InChI=1S/C52H60ClN9O7/c1-54-48(65)34-69-47-28-40-27-42(15-18-45(40)60(4)51(47)67)57-49-44(53)29-56-52(58-49)62-22-6-9-36(30-62)33-68-43-16-13-37(14-17-43)38-19-23-61(24-20-38)21-5-8-35-11-12-39(32-64)41(26-35)31-59(3)46(10-7-25-63)50(66)55-2/h11-18,25-29,32,36,38,46H,6-7,9-10,19-24,30-31,33-34H2,1-4H3,(H,54,65)(H,55,66)(H,56,57,58). The normalized spacial score (nSPS) is 15.7. The molecule has 2 amide bonds. The van der Waals surface area contributed by atoms with E-state index in [0.29, 0.717) is 65.6 Å². The Balaban J connectivity index is 0.880. The van der Waals surface area contributed by atoms with Crippen LogP contribution in [0.4, 0.5) is 17.5 Å². The van der Waals surface area contributed by atoms with Gasteiger partial charge in [-0.1, -0.05) is 41.6 Å². The number of hydrogen-bond donors (Lipinski definition) is 3. The largest absolute Gasteiger partial charge is 0.493 e. The number of rotatable bonds is 19. The molecule has 0 spiro atoms. The number of nitrogens with one attached hydrogen (secondary N) is 3. The fourth-order valence-corrected chi connectivity index (χ4v) is 9.09. The molecule has 2 aromatic heterocycles. The number of carbonyl (C=O) groups is 4. The molecule has 3 aromatic carbocycles. The van der Waals surface area contributed by atoms with Crippen LogP contribution in [0, 0.1) is 17.8 Å². The number of likely N-dealkylation sites (N-methyl/N-ethyl adjacent to an activating group) is 3. The maximum absolute atomic E-state index is 12.8. The average molecular weight is 959 g/mol. The fourth-order valence-electron chi connectivity index (χ4n) is 8.95. The molecule has 5 aromatic rings. The minimum Gasteiger partial charge on any atom is -0.493 e. The average Bonchev–Trinajstić information content (AvgIpc) is 3.37. The lowest BCUT2D eigenvalue weighted by Crippen LogP contribution is -2.43. The third-order valence-corrected chi connectivity index (χ3v) is 13.2. The second-order valence-electron chi connectivity index (χ2n) is 17.6. The quantitative estimate of drug-likeness (QED) is 0.0677. The first-order valence-electron chi connectivity index (χ1n) is 23.4. The van der Waals surface area contributed by atoms with Gasteiger partial charge in [0.05, 0.1) is 30.9 Å². The van der Waals surface area contributed by atoms with E-state index in [4.69, 9.17) is 26.1 Å². The molecule has 0 aliphatic carbocycles. The van der Waals surface area contributed by atoms with Gasteiger partial charge < -0.3 is 39.7 Å². The number of aromatic nitrogens is 3. The molecule has 2 aliphatic heterocycles. The van der Waals surface area contributed by atoms with E-state index in [2.05, 4.69) is 66.8 Å². The number of anilines is 3. The van der Waals surface area contributed by atoms with Crippen molar-refractivity contribution >= 4 is 64.3 Å². The highest BCUT2D eigenvalue weighted by Gasteiger charge is 2.25. The van der Waals surface area contributed by atoms with Crippen molar-refractivity contribution in [2.75, 3.05) is 77.3 Å². The summed E-state index contributed by atoms with van der Waals surface area (Å²) in [6.07, 6.45) is 7.97. The van der Waals surface area contributed by atoms with Gasteiger partial charge in [-0.3, -0.25) is 29.0 Å². The van der Waals surface area contributed by atoms with Gasteiger partial charge in [-0.05, 0) is 118 Å². The van der Waals surface area contributed by atoms with E-state index in [1.165, 1.54) is 17.2 Å². The van der Waals surface area contributed by atoms with Crippen molar-refractivity contribution in [1.82, 2.24) is 35.0 Å². The van der Waals surface area contributed by atoms with Gasteiger partial charge in [0, 0.05) is 75.3 Å². The molecule has 0 radical (unpaired) electrons. The lowest BCUT2D eigenvalue weighted by Gasteiger charge is -2.33. The molecule has 2 atom stereocenters. The van der Waals surface area contributed by atoms with Crippen molar-refractivity contribution in [3.63, 3.8) is 0 Å². The van der Waals surface area contributed by atoms with Crippen molar-refractivity contribution in [2.24, 2.45) is 13.0 Å². The van der Waals surface area contributed by atoms with Crippen LogP contribution in [0.5, 0.6) is 11.5 Å². The monoisotopic (exact) mass is 957 g/mol. The summed E-state index contributed by atoms with van der Waals surface area (Å²) < 4.78 is 13.3. The van der Waals surface area contributed by atoms with Crippen LogP contribution in [0.2, 0.25) is 5.02 Å². The summed E-state index contributed by atoms with van der Waals surface area (Å²) in [4.78, 5) is 75.8. The molecule has 7 rings (SSSR count). The second-order valence-corrected chi connectivity index (χ2v) is 18.0. The number of benzene rings is 3. The number of ether oxygens (including phenoxy) is 2. The molecular formula is C52H60ClN9O7. The Kier molecular flexibility index (Phi) is 17.4. The van der Waals surface area contributed by atoms with Gasteiger partial charge in [-0.25, -0.2) is 4.98 Å². The minimum atomic E-state index is -0.489. The topological polar surface area (TPSA) is 180 Å². The van der Waals surface area contributed by atoms with E-state index < -0.39 is 6.04 Å². The third kappa shape index (κ3) is 13.1. The predicted molar refractivity (Wildman–Crippen MR) is 268 cm³/mol. The number of hydrogen-bond acceptors (Lipinski definition) is 13. The van der Waals surface area contributed by atoms with E-state index in [1.54, 1.807) is 32.4 Å². The van der Waals surface area contributed by atoms with Crippen LogP contribution in [0.15, 0.2) is 77.7 Å². The van der Waals surface area contributed by atoms with Gasteiger partial charge in [-0.2, -0.15) is 4.98 Å².